The van der Waals surface area contributed by atoms with Gasteiger partial charge in [0.15, 0.2) is 0 Å². The number of aromatic nitrogens is 2. The zero-order valence-corrected chi connectivity index (χ0v) is 28.8. The van der Waals surface area contributed by atoms with E-state index in [1.54, 1.807) is 0 Å². The van der Waals surface area contributed by atoms with Crippen LogP contribution >= 0.6 is 0 Å². The highest BCUT2D eigenvalue weighted by atomic mass is 14.7. The van der Waals surface area contributed by atoms with Crippen LogP contribution in [0, 0.1) is 13.8 Å². The van der Waals surface area contributed by atoms with Crippen molar-refractivity contribution < 1.29 is 0 Å². The predicted molar refractivity (Wildman–Crippen MR) is 222 cm³/mol. The minimum Gasteiger partial charge on any atom is -0.247 e. The summed E-state index contributed by atoms with van der Waals surface area (Å²) in [6.45, 7) is 4.41. The Bertz CT molecular complexity index is 3250. The molecule has 0 spiro atoms. The fraction of sp³-hybridized carbons (Fsp3) is 0.0400. The van der Waals surface area contributed by atoms with Gasteiger partial charge in [0.05, 0.1) is 22.1 Å². The van der Waals surface area contributed by atoms with Gasteiger partial charge in [-0.15, -0.1) is 0 Å². The maximum absolute atomic E-state index is 5.59. The highest BCUT2D eigenvalue weighted by Crippen LogP contribution is 2.51. The lowest BCUT2D eigenvalue weighted by Gasteiger charge is -2.22. The number of aryl methyl sites for hydroxylation is 2. The van der Waals surface area contributed by atoms with E-state index in [9.17, 15) is 0 Å². The molecule has 12 aromatic rings. The Morgan fingerprint density at radius 3 is 1.13 bits per heavy atom. The van der Waals surface area contributed by atoms with Crippen molar-refractivity contribution in [3.8, 4) is 22.3 Å². The van der Waals surface area contributed by atoms with E-state index in [2.05, 4.69) is 159 Å². The Labute approximate surface area is 299 Å². The van der Waals surface area contributed by atoms with Crippen LogP contribution in [0.1, 0.15) is 11.1 Å². The molecule has 0 aliphatic heterocycles. The molecule has 0 unspecified atom stereocenters. The van der Waals surface area contributed by atoms with Crippen LogP contribution < -0.4 is 0 Å². The molecule has 0 atom stereocenters. The number of hydrogen-bond acceptors (Lipinski definition) is 2. The molecule has 2 nitrogen and oxygen atoms in total. The third kappa shape index (κ3) is 3.49. The Kier molecular flexibility index (Phi) is 5.40. The minimum atomic E-state index is 1.01. The standard InChI is InChI=1S/C50H30N2/c1-27-11-7-19-31-29(27)17-9-21-33(31)43-35-13-3-5-15-37(35)49-45-39(43)23-25-41-47(45)48-42(51-49)26-24-40-44(34-22-10-18-30-28(2)12-8-20-32(30)34)36-14-4-6-16-38(36)50(52-41)46(40)48/h3-26H,1-2H3. The van der Waals surface area contributed by atoms with Gasteiger partial charge in [-0.25, -0.2) is 9.97 Å². The van der Waals surface area contributed by atoms with Crippen LogP contribution in [-0.2, 0) is 0 Å². The van der Waals surface area contributed by atoms with E-state index in [1.165, 1.54) is 109 Å². The summed E-state index contributed by atoms with van der Waals surface area (Å²) in [4.78, 5) is 11.2. The summed E-state index contributed by atoms with van der Waals surface area (Å²) in [5.41, 5.74) is 11.7. The largest absolute Gasteiger partial charge is 0.247 e. The summed E-state index contributed by atoms with van der Waals surface area (Å²) in [6.07, 6.45) is 0. The third-order valence-electron chi connectivity index (χ3n) is 11.8. The molecule has 2 heteroatoms. The molecule has 0 bridgehead atoms. The van der Waals surface area contributed by atoms with Crippen molar-refractivity contribution in [2.24, 2.45) is 0 Å². The summed E-state index contributed by atoms with van der Waals surface area (Å²) in [5, 5.41) is 17.1. The van der Waals surface area contributed by atoms with Gasteiger partial charge in [-0.2, -0.15) is 0 Å². The lowest BCUT2D eigenvalue weighted by Crippen LogP contribution is -1.98. The molecular formula is C50H30N2. The molecule has 0 aliphatic rings. The topological polar surface area (TPSA) is 25.8 Å². The number of nitrogens with zero attached hydrogens (tertiary/aromatic N) is 2. The molecule has 0 fully saturated rings. The van der Waals surface area contributed by atoms with Gasteiger partial charge < -0.3 is 0 Å². The fourth-order valence-corrected chi connectivity index (χ4v) is 9.58. The minimum absolute atomic E-state index is 1.01. The summed E-state index contributed by atoms with van der Waals surface area (Å²) in [5.74, 6) is 0. The molecule has 0 saturated carbocycles. The van der Waals surface area contributed by atoms with Crippen LogP contribution in [0.25, 0.3) is 120 Å². The molecule has 240 valence electrons. The van der Waals surface area contributed by atoms with Crippen molar-refractivity contribution in [1.29, 1.82) is 0 Å². The first-order valence-corrected chi connectivity index (χ1v) is 18.1. The van der Waals surface area contributed by atoms with E-state index in [-0.39, 0.29) is 0 Å². The number of rotatable bonds is 2. The van der Waals surface area contributed by atoms with Crippen molar-refractivity contribution in [2.45, 2.75) is 13.8 Å². The SMILES string of the molecule is Cc1cccc2c(-c3c4ccccc4c4nc5ccc6c(-c7cccc8c(C)cccc78)c7ccccc7c7nc8ccc3c4c8c5c67)cccc12. The monoisotopic (exact) mass is 658 g/mol. The van der Waals surface area contributed by atoms with E-state index in [1.807, 2.05) is 0 Å². The molecule has 0 amide bonds. The lowest BCUT2D eigenvalue weighted by molar-refractivity contribution is 1.50. The Morgan fingerprint density at radius 2 is 0.673 bits per heavy atom. The number of fused-ring (bicyclic) bond motifs is 6. The second kappa shape index (κ2) is 9.99. The van der Waals surface area contributed by atoms with Crippen LogP contribution in [0.2, 0.25) is 0 Å². The van der Waals surface area contributed by atoms with Gasteiger partial charge in [-0.3, -0.25) is 0 Å². The molecule has 12 rings (SSSR count). The van der Waals surface area contributed by atoms with Gasteiger partial charge in [0, 0.05) is 32.3 Å². The van der Waals surface area contributed by atoms with Crippen molar-refractivity contribution in [3.63, 3.8) is 0 Å². The second-order valence-electron chi connectivity index (χ2n) is 14.5. The van der Waals surface area contributed by atoms with Gasteiger partial charge in [-0.1, -0.05) is 133 Å². The van der Waals surface area contributed by atoms with E-state index < -0.39 is 0 Å². The van der Waals surface area contributed by atoms with Gasteiger partial charge in [-0.05, 0) is 102 Å². The smallest absolute Gasteiger partial charge is 0.0801 e. The molecule has 0 saturated heterocycles. The van der Waals surface area contributed by atoms with Crippen molar-refractivity contribution in [3.05, 3.63) is 157 Å². The van der Waals surface area contributed by atoms with Crippen LogP contribution in [-0.4, -0.2) is 9.97 Å². The molecule has 0 N–H and O–H groups in total. The number of pyridine rings is 2. The summed E-state index contributed by atoms with van der Waals surface area (Å²) in [6, 6.07) is 53.6. The molecule has 0 aliphatic carbocycles. The van der Waals surface area contributed by atoms with Gasteiger partial charge >= 0.3 is 0 Å². The average molecular weight is 659 g/mol. The van der Waals surface area contributed by atoms with Crippen molar-refractivity contribution >= 4 is 97.5 Å². The van der Waals surface area contributed by atoms with Crippen LogP contribution in [0.5, 0.6) is 0 Å². The van der Waals surface area contributed by atoms with E-state index in [0.717, 1.165) is 22.1 Å². The normalized spacial score (nSPS) is 12.4. The second-order valence-corrected chi connectivity index (χ2v) is 14.5. The quantitative estimate of drug-likeness (QED) is 0.136. The molecule has 10 aromatic carbocycles. The highest BCUT2D eigenvalue weighted by molar-refractivity contribution is 6.41. The van der Waals surface area contributed by atoms with Gasteiger partial charge in [0.1, 0.15) is 0 Å². The van der Waals surface area contributed by atoms with Gasteiger partial charge in [0.25, 0.3) is 0 Å². The summed E-state index contributed by atoms with van der Waals surface area (Å²) >= 11 is 0. The van der Waals surface area contributed by atoms with Crippen LogP contribution in [0.4, 0.5) is 0 Å². The molecular weight excluding hydrogens is 629 g/mol. The first-order valence-electron chi connectivity index (χ1n) is 18.1. The van der Waals surface area contributed by atoms with Crippen LogP contribution in [0.3, 0.4) is 0 Å². The third-order valence-corrected chi connectivity index (χ3v) is 11.8. The van der Waals surface area contributed by atoms with Gasteiger partial charge in [0.2, 0.25) is 0 Å². The van der Waals surface area contributed by atoms with E-state index >= 15 is 0 Å². The molecule has 2 heterocycles. The zero-order valence-electron chi connectivity index (χ0n) is 28.8. The summed E-state index contributed by atoms with van der Waals surface area (Å²) < 4.78 is 0. The zero-order chi connectivity index (χ0) is 34.2. The Hall–Kier alpha value is -6.64. The average Bonchev–Trinajstić information content (AvgIpc) is 3.19. The Morgan fingerprint density at radius 1 is 0.288 bits per heavy atom. The maximum atomic E-state index is 5.59. The van der Waals surface area contributed by atoms with Crippen molar-refractivity contribution in [2.75, 3.05) is 0 Å². The highest BCUT2D eigenvalue weighted by Gasteiger charge is 2.25. The molecule has 0 radical (unpaired) electrons. The molecule has 52 heavy (non-hydrogen) atoms. The van der Waals surface area contributed by atoms with E-state index in [0.29, 0.717) is 0 Å². The first-order chi connectivity index (χ1) is 25.7. The predicted octanol–water partition coefficient (Wildman–Crippen LogP) is 13.7. The number of benzene rings is 10. The fourth-order valence-electron chi connectivity index (χ4n) is 9.58. The molecule has 2 aromatic heterocycles. The van der Waals surface area contributed by atoms with E-state index in [4.69, 9.17) is 9.97 Å². The van der Waals surface area contributed by atoms with Crippen LogP contribution in [0.15, 0.2) is 146 Å². The number of hydrogen-bond donors (Lipinski definition) is 0. The van der Waals surface area contributed by atoms with Crippen molar-refractivity contribution in [1.82, 2.24) is 9.97 Å². The first kappa shape index (κ1) is 28.1. The lowest BCUT2D eigenvalue weighted by atomic mass is 9.83. The maximum Gasteiger partial charge on any atom is 0.0801 e. The Balaban J connectivity index is 1.32. The summed E-state index contributed by atoms with van der Waals surface area (Å²) in [7, 11) is 0.